The zero-order valence-electron chi connectivity index (χ0n) is 17.9. The van der Waals surface area contributed by atoms with Crippen LogP contribution in [-0.2, 0) is 9.59 Å². The smallest absolute Gasteiger partial charge is 0.169 e. The maximum absolute atomic E-state index is 12.8. The molecule has 154 valence electrons. The minimum atomic E-state index is -0.929. The molecule has 0 bridgehead atoms. The van der Waals surface area contributed by atoms with Crippen molar-refractivity contribution in [3.05, 3.63) is 23.8 Å². The molecule has 3 saturated carbocycles. The normalized spacial score (nSPS) is 52.5. The van der Waals surface area contributed by atoms with E-state index in [0.29, 0.717) is 28.7 Å². The fourth-order valence-corrected chi connectivity index (χ4v) is 7.76. The van der Waals surface area contributed by atoms with Crippen LogP contribution in [0.3, 0.4) is 0 Å². The first-order chi connectivity index (χ1) is 13.1. The number of carbonyl (C=O) groups is 2. The Morgan fingerprint density at radius 1 is 1.25 bits per heavy atom. The highest BCUT2D eigenvalue weighted by atomic mass is 16.3. The lowest BCUT2D eigenvalue weighted by molar-refractivity contribution is -0.128. The van der Waals surface area contributed by atoms with Crippen molar-refractivity contribution in [3.8, 4) is 0 Å². The molecule has 0 aromatic carbocycles. The lowest BCUT2D eigenvalue weighted by Crippen LogP contribution is -2.48. The molecule has 0 saturated heterocycles. The second-order valence-electron chi connectivity index (χ2n) is 11.0. The zero-order valence-corrected chi connectivity index (χ0v) is 17.9. The van der Waals surface area contributed by atoms with Crippen LogP contribution in [0.5, 0.6) is 0 Å². The highest BCUT2D eigenvalue weighted by Crippen LogP contribution is 2.66. The van der Waals surface area contributed by atoms with E-state index in [2.05, 4.69) is 33.4 Å². The minimum Gasteiger partial charge on any atom is -0.385 e. The molecule has 1 N–H and O–H groups in total. The number of hydrogen-bond acceptors (Lipinski definition) is 3. The Bertz CT molecular complexity index is 736. The fraction of sp³-hybridized carbons (Fsp3) is 0.760. The summed E-state index contributed by atoms with van der Waals surface area (Å²) in [5, 5.41) is 10.5. The zero-order chi connectivity index (χ0) is 20.4. The first-order valence-corrected chi connectivity index (χ1v) is 11.2. The van der Waals surface area contributed by atoms with E-state index >= 15 is 0 Å². The Balaban J connectivity index is 1.79. The highest BCUT2D eigenvalue weighted by Gasteiger charge is 2.59. The molecule has 3 heteroatoms. The second-order valence-corrected chi connectivity index (χ2v) is 11.0. The van der Waals surface area contributed by atoms with Crippen LogP contribution >= 0.6 is 0 Å². The monoisotopic (exact) mass is 384 g/mol. The van der Waals surface area contributed by atoms with E-state index in [1.165, 1.54) is 31.3 Å². The van der Waals surface area contributed by atoms with Crippen LogP contribution in [0.1, 0.15) is 66.2 Å². The first kappa shape index (κ1) is 20.1. The third-order valence-electron chi connectivity index (χ3n) is 9.50. The van der Waals surface area contributed by atoms with E-state index in [0.717, 1.165) is 19.1 Å². The molecule has 0 radical (unpaired) electrons. The standard InChI is InChI=1S/C25H36O3/c1-14(2)17-8-9-24(4)10-11-25(5)12-18-15(3)22(27)23(28)20(18)16(13-26)6-7-19(25)21(17)24/h6,13,15,17-22,27H,1,7-12H2,2-5H3/b16-6-. The van der Waals surface area contributed by atoms with Crippen LogP contribution in [0.25, 0.3) is 0 Å². The van der Waals surface area contributed by atoms with Gasteiger partial charge >= 0.3 is 0 Å². The maximum Gasteiger partial charge on any atom is 0.169 e. The summed E-state index contributed by atoms with van der Waals surface area (Å²) >= 11 is 0. The molecule has 0 aromatic heterocycles. The molecule has 4 aliphatic carbocycles. The van der Waals surface area contributed by atoms with E-state index < -0.39 is 12.0 Å². The predicted molar refractivity (Wildman–Crippen MR) is 111 cm³/mol. The fourth-order valence-electron chi connectivity index (χ4n) is 7.76. The van der Waals surface area contributed by atoms with E-state index in [-0.39, 0.29) is 23.0 Å². The maximum atomic E-state index is 12.8. The Kier molecular flexibility index (Phi) is 4.77. The molecule has 3 nitrogen and oxygen atoms in total. The lowest BCUT2D eigenvalue weighted by atomic mass is 9.49. The van der Waals surface area contributed by atoms with E-state index in [1.807, 2.05) is 6.92 Å². The van der Waals surface area contributed by atoms with Crippen molar-refractivity contribution in [2.24, 2.45) is 46.3 Å². The van der Waals surface area contributed by atoms with Gasteiger partial charge in [-0.1, -0.05) is 39.0 Å². The Morgan fingerprint density at radius 2 is 1.93 bits per heavy atom. The largest absolute Gasteiger partial charge is 0.385 e. The Labute approximate surface area is 169 Å². The van der Waals surface area contributed by atoms with Crippen LogP contribution in [0.2, 0.25) is 0 Å². The third-order valence-corrected chi connectivity index (χ3v) is 9.50. The summed E-state index contributed by atoms with van der Waals surface area (Å²) in [6, 6.07) is 0. The number of aldehydes is 1. The summed E-state index contributed by atoms with van der Waals surface area (Å²) in [6.07, 6.45) is 8.74. The van der Waals surface area contributed by atoms with Crippen LogP contribution in [0.15, 0.2) is 23.8 Å². The van der Waals surface area contributed by atoms with Crippen molar-refractivity contribution in [2.45, 2.75) is 72.3 Å². The van der Waals surface area contributed by atoms with Crippen molar-refractivity contribution in [1.29, 1.82) is 0 Å². The summed E-state index contributed by atoms with van der Waals surface area (Å²) in [7, 11) is 0. The van der Waals surface area contributed by atoms with Gasteiger partial charge in [-0.15, -0.1) is 0 Å². The molecule has 4 rings (SSSR count). The molecule has 9 atom stereocenters. The van der Waals surface area contributed by atoms with Crippen LogP contribution in [0, 0.1) is 46.3 Å². The summed E-state index contributed by atoms with van der Waals surface area (Å²) < 4.78 is 0. The summed E-state index contributed by atoms with van der Waals surface area (Å²) in [4.78, 5) is 24.7. The number of Topliss-reactive ketones (excluding diaryl/α,β-unsaturated/α-hetero) is 1. The summed E-state index contributed by atoms with van der Waals surface area (Å²) in [5.41, 5.74) is 2.43. The van der Waals surface area contributed by atoms with Crippen molar-refractivity contribution in [1.82, 2.24) is 0 Å². The quantitative estimate of drug-likeness (QED) is 0.552. The van der Waals surface area contributed by atoms with E-state index in [1.54, 1.807) is 0 Å². The number of ketones is 1. The number of rotatable bonds is 2. The van der Waals surface area contributed by atoms with Gasteiger partial charge in [-0.05, 0) is 91.4 Å². The number of hydrogen-bond donors (Lipinski definition) is 1. The molecular formula is C25H36O3. The van der Waals surface area contributed by atoms with Gasteiger partial charge in [-0.3, -0.25) is 9.59 Å². The molecule has 0 heterocycles. The molecule has 0 aliphatic heterocycles. The molecule has 0 spiro atoms. The van der Waals surface area contributed by atoms with Crippen molar-refractivity contribution >= 4 is 12.1 Å². The predicted octanol–water partition coefficient (Wildman–Crippen LogP) is 4.74. The molecule has 0 aromatic rings. The SMILES string of the molecule is C=C(C)C1CCC2(C)CCC3(C)CC4C(C(=O)C(O)C4C)/C(C=O)=C\CC3C12. The number of allylic oxidation sites excluding steroid dienone is 3. The van der Waals surface area contributed by atoms with Gasteiger partial charge in [0.15, 0.2) is 5.78 Å². The second kappa shape index (κ2) is 6.65. The Hall–Kier alpha value is -1.22. The Morgan fingerprint density at radius 3 is 2.57 bits per heavy atom. The van der Waals surface area contributed by atoms with Crippen molar-refractivity contribution < 1.29 is 14.7 Å². The topological polar surface area (TPSA) is 54.4 Å². The van der Waals surface area contributed by atoms with Crippen LogP contribution in [-0.4, -0.2) is 23.3 Å². The average Bonchev–Trinajstić information content (AvgIpc) is 3.08. The van der Waals surface area contributed by atoms with Crippen molar-refractivity contribution in [2.75, 3.05) is 0 Å². The molecule has 9 unspecified atom stereocenters. The van der Waals surface area contributed by atoms with Gasteiger partial charge in [0, 0.05) is 0 Å². The van der Waals surface area contributed by atoms with Gasteiger partial charge in [0.1, 0.15) is 12.4 Å². The molecular weight excluding hydrogens is 348 g/mol. The molecule has 0 amide bonds. The molecule has 3 fully saturated rings. The first-order valence-electron chi connectivity index (χ1n) is 11.2. The van der Waals surface area contributed by atoms with E-state index in [4.69, 9.17) is 0 Å². The number of aliphatic hydroxyl groups is 1. The van der Waals surface area contributed by atoms with Gasteiger partial charge in [0.05, 0.1) is 5.92 Å². The van der Waals surface area contributed by atoms with Crippen molar-refractivity contribution in [3.63, 3.8) is 0 Å². The number of aliphatic hydroxyl groups excluding tert-OH is 1. The van der Waals surface area contributed by atoms with Crippen LogP contribution < -0.4 is 0 Å². The summed E-state index contributed by atoms with van der Waals surface area (Å²) in [6.45, 7) is 13.4. The number of fused-ring (bicyclic) bond motifs is 4. The lowest BCUT2D eigenvalue weighted by Gasteiger charge is -2.55. The summed E-state index contributed by atoms with van der Waals surface area (Å²) in [5.74, 6) is 1.11. The minimum absolute atomic E-state index is 0.0702. The van der Waals surface area contributed by atoms with Crippen LogP contribution in [0.4, 0.5) is 0 Å². The van der Waals surface area contributed by atoms with Gasteiger partial charge < -0.3 is 5.11 Å². The third kappa shape index (κ3) is 2.72. The van der Waals surface area contributed by atoms with Gasteiger partial charge in [-0.25, -0.2) is 0 Å². The van der Waals surface area contributed by atoms with Gasteiger partial charge in [-0.2, -0.15) is 0 Å². The average molecular weight is 385 g/mol. The van der Waals surface area contributed by atoms with Gasteiger partial charge in [0.25, 0.3) is 0 Å². The van der Waals surface area contributed by atoms with Gasteiger partial charge in [0.2, 0.25) is 0 Å². The van der Waals surface area contributed by atoms with E-state index in [9.17, 15) is 14.7 Å². The highest BCUT2D eigenvalue weighted by molar-refractivity contribution is 5.96. The molecule has 28 heavy (non-hydrogen) atoms. The number of carbonyl (C=O) groups excluding carboxylic acids is 2. The molecule has 4 aliphatic rings.